The van der Waals surface area contributed by atoms with Crippen molar-refractivity contribution in [2.45, 2.75) is 25.7 Å². The van der Waals surface area contributed by atoms with Crippen molar-refractivity contribution in [3.8, 4) is 0 Å². The lowest BCUT2D eigenvalue weighted by Gasteiger charge is -2.41. The Morgan fingerprint density at radius 1 is 1.50 bits per heavy atom. The Bertz CT molecular complexity index is 294. The summed E-state index contributed by atoms with van der Waals surface area (Å²) >= 11 is 0. The van der Waals surface area contributed by atoms with Crippen LogP contribution in [-0.2, 0) is 9.59 Å². The Balaban J connectivity index is 1.89. The number of rotatable bonds is 3. The van der Waals surface area contributed by atoms with Gasteiger partial charge in [0.05, 0.1) is 6.54 Å². The molecule has 1 saturated carbocycles. The van der Waals surface area contributed by atoms with E-state index in [-0.39, 0.29) is 23.8 Å². The predicted octanol–water partition coefficient (Wildman–Crippen LogP) is -0.536. The van der Waals surface area contributed by atoms with E-state index in [1.54, 1.807) is 4.90 Å². The quantitative estimate of drug-likeness (QED) is 0.677. The van der Waals surface area contributed by atoms with Gasteiger partial charge in [-0.25, -0.2) is 0 Å². The molecule has 5 heteroatoms. The van der Waals surface area contributed by atoms with Crippen molar-refractivity contribution in [2.75, 3.05) is 26.2 Å². The Hall–Kier alpha value is -1.10. The fourth-order valence-electron chi connectivity index (χ4n) is 2.41. The van der Waals surface area contributed by atoms with Crippen molar-refractivity contribution in [2.24, 2.45) is 11.1 Å². The van der Waals surface area contributed by atoms with Crippen molar-refractivity contribution in [1.82, 2.24) is 10.2 Å². The first-order valence-corrected chi connectivity index (χ1v) is 5.90. The number of carbonyl (C=O) groups excluding carboxylic acids is 2. The van der Waals surface area contributed by atoms with Gasteiger partial charge in [0.2, 0.25) is 11.8 Å². The van der Waals surface area contributed by atoms with Crippen LogP contribution in [0.2, 0.25) is 0 Å². The van der Waals surface area contributed by atoms with Gasteiger partial charge >= 0.3 is 0 Å². The fourth-order valence-corrected chi connectivity index (χ4v) is 2.41. The van der Waals surface area contributed by atoms with Crippen LogP contribution in [0.5, 0.6) is 0 Å². The summed E-state index contributed by atoms with van der Waals surface area (Å²) in [7, 11) is 0. The monoisotopic (exact) mass is 225 g/mol. The second-order valence-corrected chi connectivity index (χ2v) is 4.90. The van der Waals surface area contributed by atoms with E-state index < -0.39 is 0 Å². The van der Waals surface area contributed by atoms with Gasteiger partial charge in [0.1, 0.15) is 0 Å². The Morgan fingerprint density at radius 2 is 2.25 bits per heavy atom. The molecule has 1 heterocycles. The maximum Gasteiger partial charge on any atom is 0.239 e. The molecule has 0 aromatic heterocycles. The van der Waals surface area contributed by atoms with Crippen molar-refractivity contribution < 1.29 is 9.59 Å². The van der Waals surface area contributed by atoms with Crippen LogP contribution in [0.4, 0.5) is 0 Å². The average Bonchev–Trinajstić information content (AvgIpc) is 2.23. The normalized spacial score (nSPS) is 23.6. The number of hydrogen-bond donors (Lipinski definition) is 2. The topological polar surface area (TPSA) is 75.4 Å². The maximum absolute atomic E-state index is 12.0. The first-order valence-electron chi connectivity index (χ1n) is 5.90. The standard InChI is InChI=1S/C11H19N3O2/c12-8-11(2-1-3-11)6-10(16)14-5-4-13-9(15)7-14/h1-8,12H2,(H,13,15). The van der Waals surface area contributed by atoms with Gasteiger partial charge in [-0.2, -0.15) is 0 Å². The molecule has 5 nitrogen and oxygen atoms in total. The lowest BCUT2D eigenvalue weighted by Crippen LogP contribution is -2.52. The SMILES string of the molecule is NCC1(CC(=O)N2CCNC(=O)C2)CCC1. The first-order chi connectivity index (χ1) is 7.65. The molecule has 0 unspecified atom stereocenters. The minimum Gasteiger partial charge on any atom is -0.353 e. The number of piperazine rings is 1. The van der Waals surface area contributed by atoms with Crippen LogP contribution in [-0.4, -0.2) is 42.9 Å². The van der Waals surface area contributed by atoms with Gasteiger partial charge in [0.15, 0.2) is 0 Å². The van der Waals surface area contributed by atoms with Crippen LogP contribution in [0.1, 0.15) is 25.7 Å². The van der Waals surface area contributed by atoms with Crippen molar-refractivity contribution in [1.29, 1.82) is 0 Å². The summed E-state index contributed by atoms with van der Waals surface area (Å²) in [4.78, 5) is 24.8. The Labute approximate surface area is 95.3 Å². The van der Waals surface area contributed by atoms with E-state index in [4.69, 9.17) is 5.73 Å². The molecule has 90 valence electrons. The lowest BCUT2D eigenvalue weighted by molar-refractivity contribution is -0.141. The van der Waals surface area contributed by atoms with Crippen molar-refractivity contribution in [3.05, 3.63) is 0 Å². The molecule has 3 N–H and O–H groups in total. The summed E-state index contributed by atoms with van der Waals surface area (Å²) in [6.45, 7) is 1.99. The second-order valence-electron chi connectivity index (χ2n) is 4.90. The molecular weight excluding hydrogens is 206 g/mol. The molecule has 2 aliphatic rings. The zero-order chi connectivity index (χ0) is 11.6. The third-order valence-corrected chi connectivity index (χ3v) is 3.76. The second kappa shape index (κ2) is 4.41. The average molecular weight is 225 g/mol. The van der Waals surface area contributed by atoms with Crippen LogP contribution in [0, 0.1) is 5.41 Å². The highest BCUT2D eigenvalue weighted by Crippen LogP contribution is 2.43. The molecule has 1 aliphatic carbocycles. The van der Waals surface area contributed by atoms with Gasteiger partial charge in [-0.3, -0.25) is 9.59 Å². The highest BCUT2D eigenvalue weighted by atomic mass is 16.2. The summed E-state index contributed by atoms with van der Waals surface area (Å²) < 4.78 is 0. The highest BCUT2D eigenvalue weighted by molar-refractivity contribution is 5.86. The summed E-state index contributed by atoms with van der Waals surface area (Å²) in [6, 6.07) is 0. The number of nitrogens with one attached hydrogen (secondary N) is 1. The summed E-state index contributed by atoms with van der Waals surface area (Å²) in [5.74, 6) is 0.0232. The van der Waals surface area contributed by atoms with Gasteiger partial charge in [0.25, 0.3) is 0 Å². The number of hydrogen-bond acceptors (Lipinski definition) is 3. The number of amides is 2. The van der Waals surface area contributed by atoms with Crippen LogP contribution in [0.25, 0.3) is 0 Å². The van der Waals surface area contributed by atoms with E-state index >= 15 is 0 Å². The van der Waals surface area contributed by atoms with E-state index in [0.717, 1.165) is 12.8 Å². The van der Waals surface area contributed by atoms with Crippen LogP contribution in [0.3, 0.4) is 0 Å². The van der Waals surface area contributed by atoms with E-state index in [1.807, 2.05) is 0 Å². The Morgan fingerprint density at radius 3 is 2.75 bits per heavy atom. The summed E-state index contributed by atoms with van der Waals surface area (Å²) in [6.07, 6.45) is 3.78. The van der Waals surface area contributed by atoms with Gasteiger partial charge in [0, 0.05) is 19.5 Å². The molecule has 0 spiro atoms. The van der Waals surface area contributed by atoms with E-state index in [1.165, 1.54) is 6.42 Å². The molecule has 1 saturated heterocycles. The molecule has 1 aliphatic heterocycles. The molecule has 2 amide bonds. The lowest BCUT2D eigenvalue weighted by atomic mass is 9.66. The van der Waals surface area contributed by atoms with Crippen LogP contribution >= 0.6 is 0 Å². The summed E-state index contributed by atoms with van der Waals surface area (Å²) in [5.41, 5.74) is 5.76. The molecule has 2 rings (SSSR count). The van der Waals surface area contributed by atoms with Gasteiger partial charge in [-0.1, -0.05) is 6.42 Å². The molecule has 0 radical (unpaired) electrons. The maximum atomic E-state index is 12.0. The molecule has 16 heavy (non-hydrogen) atoms. The minimum atomic E-state index is -0.0602. The largest absolute Gasteiger partial charge is 0.353 e. The zero-order valence-electron chi connectivity index (χ0n) is 9.50. The minimum absolute atomic E-state index is 0.0327. The molecule has 0 bridgehead atoms. The smallest absolute Gasteiger partial charge is 0.239 e. The molecule has 0 atom stereocenters. The van der Waals surface area contributed by atoms with Crippen molar-refractivity contribution in [3.63, 3.8) is 0 Å². The van der Waals surface area contributed by atoms with Gasteiger partial charge in [-0.15, -0.1) is 0 Å². The number of nitrogens with two attached hydrogens (primary N) is 1. The molecule has 2 fully saturated rings. The highest BCUT2D eigenvalue weighted by Gasteiger charge is 2.39. The molecule has 0 aromatic carbocycles. The molecular formula is C11H19N3O2. The van der Waals surface area contributed by atoms with E-state index in [9.17, 15) is 9.59 Å². The van der Waals surface area contributed by atoms with Crippen LogP contribution < -0.4 is 11.1 Å². The van der Waals surface area contributed by atoms with Crippen LogP contribution in [0.15, 0.2) is 0 Å². The third kappa shape index (κ3) is 2.19. The van der Waals surface area contributed by atoms with Gasteiger partial charge < -0.3 is 16.0 Å². The number of nitrogens with zero attached hydrogens (tertiary/aromatic N) is 1. The van der Waals surface area contributed by atoms with Gasteiger partial charge in [-0.05, 0) is 24.8 Å². The third-order valence-electron chi connectivity index (χ3n) is 3.76. The van der Waals surface area contributed by atoms with E-state index in [0.29, 0.717) is 26.1 Å². The zero-order valence-corrected chi connectivity index (χ0v) is 9.50. The first kappa shape index (κ1) is 11.4. The van der Waals surface area contributed by atoms with E-state index in [2.05, 4.69) is 5.32 Å². The Kier molecular flexibility index (Phi) is 3.14. The predicted molar refractivity (Wildman–Crippen MR) is 59.5 cm³/mol. The molecule has 0 aromatic rings. The number of carbonyl (C=O) groups is 2. The van der Waals surface area contributed by atoms with Crippen molar-refractivity contribution >= 4 is 11.8 Å². The summed E-state index contributed by atoms with van der Waals surface area (Å²) in [5, 5.41) is 2.71. The fraction of sp³-hybridized carbons (Fsp3) is 0.818.